The molecular formula is C23H23FN2OS. The van der Waals surface area contributed by atoms with Crippen LogP contribution in [0.3, 0.4) is 0 Å². The summed E-state index contributed by atoms with van der Waals surface area (Å²) >= 11 is 1.88. The lowest BCUT2D eigenvalue weighted by atomic mass is 10.1. The summed E-state index contributed by atoms with van der Waals surface area (Å²) in [4.78, 5) is 4.77. The molecule has 2 aromatic carbocycles. The summed E-state index contributed by atoms with van der Waals surface area (Å²) < 4.78 is 21.8. The zero-order chi connectivity index (χ0) is 19.3. The molecule has 1 aliphatic heterocycles. The van der Waals surface area contributed by atoms with Crippen molar-refractivity contribution in [2.45, 2.75) is 25.3 Å². The highest BCUT2D eigenvalue weighted by Gasteiger charge is 2.22. The fraction of sp³-hybridized carbons (Fsp3) is 0.261. The zero-order valence-electron chi connectivity index (χ0n) is 15.8. The number of rotatable bonds is 7. The van der Waals surface area contributed by atoms with Gasteiger partial charge in [0.1, 0.15) is 18.1 Å². The SMILES string of the molecule is Cc1ccccc1CSC[C@@H]1COC(c2cccn2Cc2ccccc2F)=N1. The number of halogens is 1. The molecule has 0 saturated carbocycles. The summed E-state index contributed by atoms with van der Waals surface area (Å²) in [6.45, 7) is 3.21. The standard InChI is InChI=1S/C23H23FN2OS/c1-17-7-2-3-9-19(17)15-28-16-20-14-27-23(25-20)22-11-6-12-26(22)13-18-8-4-5-10-21(18)24/h2-12,20H,13-16H2,1H3/t20-/m0/s1. The number of hydrogen-bond donors (Lipinski definition) is 0. The van der Waals surface area contributed by atoms with Crippen LogP contribution >= 0.6 is 11.8 Å². The molecule has 0 aliphatic carbocycles. The number of ether oxygens (including phenoxy) is 1. The number of aliphatic imine (C=N–C) groups is 1. The van der Waals surface area contributed by atoms with Crippen LogP contribution in [-0.4, -0.2) is 28.9 Å². The minimum atomic E-state index is -0.193. The maximum atomic E-state index is 14.0. The highest BCUT2D eigenvalue weighted by atomic mass is 32.2. The third kappa shape index (κ3) is 4.30. The molecule has 4 rings (SSSR count). The van der Waals surface area contributed by atoms with Crippen molar-refractivity contribution in [2.75, 3.05) is 12.4 Å². The third-order valence-corrected chi connectivity index (χ3v) is 6.02. The van der Waals surface area contributed by atoms with E-state index in [9.17, 15) is 4.39 Å². The van der Waals surface area contributed by atoms with Gasteiger partial charge in [0.2, 0.25) is 5.90 Å². The molecule has 28 heavy (non-hydrogen) atoms. The number of aryl methyl sites for hydroxylation is 1. The maximum absolute atomic E-state index is 14.0. The Morgan fingerprint density at radius 1 is 1.07 bits per heavy atom. The highest BCUT2D eigenvalue weighted by Crippen LogP contribution is 2.21. The lowest BCUT2D eigenvalue weighted by Gasteiger charge is -2.09. The molecule has 144 valence electrons. The van der Waals surface area contributed by atoms with Crippen LogP contribution in [0.25, 0.3) is 0 Å². The summed E-state index contributed by atoms with van der Waals surface area (Å²) in [5.41, 5.74) is 4.25. The van der Waals surface area contributed by atoms with Crippen molar-refractivity contribution in [1.29, 1.82) is 0 Å². The predicted molar refractivity (Wildman–Crippen MR) is 114 cm³/mol. The number of benzene rings is 2. The van der Waals surface area contributed by atoms with E-state index in [1.165, 1.54) is 17.2 Å². The molecule has 2 heterocycles. The van der Waals surface area contributed by atoms with Crippen LogP contribution in [0.5, 0.6) is 0 Å². The minimum Gasteiger partial charge on any atom is -0.474 e. The second-order valence-corrected chi connectivity index (χ2v) is 7.98. The number of nitrogens with zero attached hydrogens (tertiary/aromatic N) is 2. The molecule has 0 spiro atoms. The molecule has 0 unspecified atom stereocenters. The largest absolute Gasteiger partial charge is 0.474 e. The van der Waals surface area contributed by atoms with Crippen molar-refractivity contribution >= 4 is 17.7 Å². The van der Waals surface area contributed by atoms with Gasteiger partial charge in [0.05, 0.1) is 12.6 Å². The van der Waals surface area contributed by atoms with Crippen molar-refractivity contribution in [1.82, 2.24) is 4.57 Å². The zero-order valence-corrected chi connectivity index (χ0v) is 16.7. The molecule has 0 N–H and O–H groups in total. The van der Waals surface area contributed by atoms with Crippen LogP contribution in [0.1, 0.15) is 22.4 Å². The van der Waals surface area contributed by atoms with Crippen LogP contribution < -0.4 is 0 Å². The summed E-state index contributed by atoms with van der Waals surface area (Å²) in [6.07, 6.45) is 1.94. The van der Waals surface area contributed by atoms with Gasteiger partial charge in [-0.25, -0.2) is 9.38 Å². The Labute approximate surface area is 169 Å². The van der Waals surface area contributed by atoms with Crippen LogP contribution in [0.2, 0.25) is 0 Å². The summed E-state index contributed by atoms with van der Waals surface area (Å²) in [7, 11) is 0. The van der Waals surface area contributed by atoms with E-state index in [0.29, 0.717) is 24.6 Å². The van der Waals surface area contributed by atoms with Gasteiger partial charge in [-0.15, -0.1) is 0 Å². The molecule has 3 nitrogen and oxygen atoms in total. The van der Waals surface area contributed by atoms with E-state index in [0.717, 1.165) is 17.2 Å². The van der Waals surface area contributed by atoms with E-state index in [4.69, 9.17) is 9.73 Å². The molecule has 0 saturated heterocycles. The minimum absolute atomic E-state index is 0.154. The predicted octanol–water partition coefficient (Wildman–Crippen LogP) is 5.06. The topological polar surface area (TPSA) is 26.5 Å². The van der Waals surface area contributed by atoms with Gasteiger partial charge >= 0.3 is 0 Å². The fourth-order valence-electron chi connectivity index (χ4n) is 3.27. The molecule has 0 fully saturated rings. The Kier molecular flexibility index (Phi) is 5.81. The Morgan fingerprint density at radius 3 is 2.68 bits per heavy atom. The van der Waals surface area contributed by atoms with Gasteiger partial charge in [-0.1, -0.05) is 42.5 Å². The van der Waals surface area contributed by atoms with Crippen molar-refractivity contribution in [2.24, 2.45) is 4.99 Å². The Hall–Kier alpha value is -2.53. The van der Waals surface area contributed by atoms with E-state index in [1.54, 1.807) is 12.1 Å². The first-order valence-corrected chi connectivity index (χ1v) is 10.6. The lowest BCUT2D eigenvalue weighted by molar-refractivity contribution is 0.323. The molecule has 1 atom stereocenters. The molecule has 0 bridgehead atoms. The summed E-state index contributed by atoms with van der Waals surface area (Å²) in [5.74, 6) is 2.37. The second kappa shape index (κ2) is 8.65. The Bertz CT molecular complexity index is 982. The van der Waals surface area contributed by atoms with Crippen molar-refractivity contribution < 1.29 is 9.13 Å². The highest BCUT2D eigenvalue weighted by molar-refractivity contribution is 7.98. The van der Waals surface area contributed by atoms with Gasteiger partial charge in [0.25, 0.3) is 0 Å². The second-order valence-electron chi connectivity index (χ2n) is 6.95. The Morgan fingerprint density at radius 2 is 1.86 bits per heavy atom. The van der Waals surface area contributed by atoms with Crippen LogP contribution in [0.4, 0.5) is 4.39 Å². The van der Waals surface area contributed by atoms with E-state index in [-0.39, 0.29) is 11.9 Å². The van der Waals surface area contributed by atoms with Gasteiger partial charge in [-0.2, -0.15) is 11.8 Å². The van der Waals surface area contributed by atoms with Gasteiger partial charge < -0.3 is 9.30 Å². The quantitative estimate of drug-likeness (QED) is 0.560. The van der Waals surface area contributed by atoms with E-state index >= 15 is 0 Å². The molecular weight excluding hydrogens is 371 g/mol. The fourth-order valence-corrected chi connectivity index (χ4v) is 4.38. The first-order valence-electron chi connectivity index (χ1n) is 9.42. The monoisotopic (exact) mass is 394 g/mol. The third-order valence-electron chi connectivity index (χ3n) is 4.89. The van der Waals surface area contributed by atoms with E-state index < -0.39 is 0 Å². The van der Waals surface area contributed by atoms with Crippen molar-refractivity contribution in [3.8, 4) is 0 Å². The first kappa shape index (κ1) is 18.8. The normalized spacial score (nSPS) is 16.1. The average molecular weight is 395 g/mol. The van der Waals surface area contributed by atoms with E-state index in [1.807, 2.05) is 40.7 Å². The van der Waals surface area contributed by atoms with Crippen LogP contribution in [0.15, 0.2) is 71.9 Å². The maximum Gasteiger partial charge on any atom is 0.233 e. The number of aromatic nitrogens is 1. The molecule has 1 aliphatic rings. The van der Waals surface area contributed by atoms with Gasteiger partial charge in [-0.3, -0.25) is 0 Å². The molecule has 0 radical (unpaired) electrons. The van der Waals surface area contributed by atoms with Crippen LogP contribution in [0, 0.1) is 12.7 Å². The first-order chi connectivity index (χ1) is 13.7. The number of thioether (sulfide) groups is 1. The van der Waals surface area contributed by atoms with E-state index in [2.05, 4.69) is 31.2 Å². The van der Waals surface area contributed by atoms with Gasteiger partial charge in [-0.05, 0) is 36.2 Å². The van der Waals surface area contributed by atoms with Gasteiger partial charge in [0, 0.05) is 23.3 Å². The van der Waals surface area contributed by atoms with Crippen molar-refractivity contribution in [3.63, 3.8) is 0 Å². The Balaban J connectivity index is 1.39. The summed E-state index contributed by atoms with van der Waals surface area (Å²) in [6, 6.07) is 19.4. The smallest absolute Gasteiger partial charge is 0.233 e. The van der Waals surface area contributed by atoms with Crippen LogP contribution in [-0.2, 0) is 17.0 Å². The van der Waals surface area contributed by atoms with Crippen molar-refractivity contribution in [3.05, 3.63) is 95.1 Å². The average Bonchev–Trinajstić information content (AvgIpc) is 3.34. The molecule has 0 amide bonds. The lowest BCUT2D eigenvalue weighted by Crippen LogP contribution is -2.11. The summed E-state index contributed by atoms with van der Waals surface area (Å²) in [5, 5.41) is 0. The molecule has 3 aromatic rings. The number of hydrogen-bond acceptors (Lipinski definition) is 3. The molecule has 1 aromatic heterocycles. The molecule has 5 heteroatoms. The van der Waals surface area contributed by atoms with Gasteiger partial charge in [0.15, 0.2) is 0 Å².